The molecule has 0 N–H and O–H groups in total. The molecule has 0 amide bonds. The molecule has 8 heteroatoms. The molecule has 0 radical (unpaired) electrons. The van der Waals surface area contributed by atoms with E-state index in [2.05, 4.69) is 15.9 Å². The average Bonchev–Trinajstić information content (AvgIpc) is 3.04. The summed E-state index contributed by atoms with van der Waals surface area (Å²) in [5.41, 5.74) is 4.08. The van der Waals surface area contributed by atoms with Gasteiger partial charge in [0, 0.05) is 27.6 Å². The number of Topliss-reactive ketones (excluding diaryl/α,β-unsaturated/α-hetero) is 1. The zero-order valence-electron chi connectivity index (χ0n) is 15.4. The Morgan fingerprint density at radius 1 is 1.00 bits per heavy atom. The molecule has 0 fully saturated rings. The van der Waals surface area contributed by atoms with Gasteiger partial charge < -0.3 is 4.57 Å². The van der Waals surface area contributed by atoms with Crippen LogP contribution in [0.3, 0.4) is 0 Å². The number of nitrogens with zero attached hydrogens (tertiary/aromatic N) is 4. The van der Waals surface area contributed by atoms with E-state index in [1.807, 2.05) is 47.0 Å². The summed E-state index contributed by atoms with van der Waals surface area (Å²) in [5.74, 6) is -0.165. The average molecular weight is 461 g/mol. The first-order valence-electron chi connectivity index (χ1n) is 9.13. The smallest absolute Gasteiger partial charge is 0.269 e. The molecule has 0 saturated carbocycles. The van der Waals surface area contributed by atoms with E-state index in [4.69, 9.17) is 9.97 Å². The summed E-state index contributed by atoms with van der Waals surface area (Å²) in [6, 6.07) is 19.0. The highest BCUT2D eigenvalue weighted by atomic mass is 79.9. The van der Waals surface area contributed by atoms with Gasteiger partial charge in [-0.15, -0.1) is 0 Å². The molecule has 30 heavy (non-hydrogen) atoms. The van der Waals surface area contributed by atoms with E-state index in [1.165, 1.54) is 24.3 Å². The van der Waals surface area contributed by atoms with Crippen LogP contribution in [-0.2, 0) is 6.54 Å². The Kier molecular flexibility index (Phi) is 4.29. The fourth-order valence-corrected chi connectivity index (χ4v) is 3.93. The van der Waals surface area contributed by atoms with Gasteiger partial charge in [-0.05, 0) is 42.5 Å². The third-order valence-corrected chi connectivity index (χ3v) is 5.51. The van der Waals surface area contributed by atoms with E-state index >= 15 is 0 Å². The molecular formula is C22H13BrN4O3. The lowest BCUT2D eigenvalue weighted by Gasteiger charge is -2.07. The second-order valence-corrected chi connectivity index (χ2v) is 7.77. The summed E-state index contributed by atoms with van der Waals surface area (Å²) < 4.78 is 2.76. The van der Waals surface area contributed by atoms with Crippen LogP contribution in [0.5, 0.6) is 0 Å². The molecule has 0 atom stereocenters. The summed E-state index contributed by atoms with van der Waals surface area (Å²) >= 11 is 3.50. The number of hydrogen-bond acceptors (Lipinski definition) is 5. The molecule has 3 aromatic carbocycles. The zero-order chi connectivity index (χ0) is 20.8. The molecule has 7 nitrogen and oxygen atoms in total. The topological polar surface area (TPSA) is 90.9 Å². The zero-order valence-corrected chi connectivity index (χ0v) is 17.0. The molecule has 0 spiro atoms. The minimum Gasteiger partial charge on any atom is -0.316 e. The molecule has 0 unspecified atom stereocenters. The number of fused-ring (bicyclic) bond motifs is 4. The number of aromatic nitrogens is 3. The molecule has 2 heterocycles. The molecule has 146 valence electrons. The van der Waals surface area contributed by atoms with Crippen molar-refractivity contribution in [3.05, 3.63) is 86.9 Å². The largest absolute Gasteiger partial charge is 0.316 e. The summed E-state index contributed by atoms with van der Waals surface area (Å²) in [4.78, 5) is 32.9. The monoisotopic (exact) mass is 460 g/mol. The Morgan fingerprint density at radius 2 is 1.70 bits per heavy atom. The summed E-state index contributed by atoms with van der Waals surface area (Å²) in [7, 11) is 0. The molecule has 0 saturated heterocycles. The summed E-state index contributed by atoms with van der Waals surface area (Å²) in [6.45, 7) is 0.0481. The van der Waals surface area contributed by atoms with Crippen molar-refractivity contribution in [2.75, 3.05) is 0 Å². The minimum absolute atomic E-state index is 0.0481. The first-order chi connectivity index (χ1) is 14.5. The van der Waals surface area contributed by atoms with Crippen LogP contribution >= 0.6 is 15.9 Å². The van der Waals surface area contributed by atoms with E-state index in [9.17, 15) is 14.9 Å². The summed E-state index contributed by atoms with van der Waals surface area (Å²) in [5, 5.41) is 11.8. The first-order valence-corrected chi connectivity index (χ1v) is 9.92. The van der Waals surface area contributed by atoms with Crippen molar-refractivity contribution >= 4 is 60.5 Å². The number of para-hydroxylation sites is 2. The van der Waals surface area contributed by atoms with Crippen LogP contribution in [-0.4, -0.2) is 25.2 Å². The number of hydrogen-bond donors (Lipinski definition) is 0. The highest BCUT2D eigenvalue weighted by Crippen LogP contribution is 2.30. The van der Waals surface area contributed by atoms with Gasteiger partial charge in [0.25, 0.3) is 5.69 Å². The van der Waals surface area contributed by atoms with Gasteiger partial charge in [0.1, 0.15) is 5.52 Å². The van der Waals surface area contributed by atoms with E-state index in [1.54, 1.807) is 0 Å². The molecule has 5 aromatic rings. The second-order valence-electron chi connectivity index (χ2n) is 6.86. The number of benzene rings is 3. The summed E-state index contributed by atoms with van der Waals surface area (Å²) in [6.07, 6.45) is 0. The maximum Gasteiger partial charge on any atom is 0.269 e. The molecule has 0 aliphatic heterocycles. The molecule has 2 aromatic heterocycles. The van der Waals surface area contributed by atoms with Crippen molar-refractivity contribution in [1.29, 1.82) is 0 Å². The van der Waals surface area contributed by atoms with Crippen molar-refractivity contribution in [3.8, 4) is 0 Å². The molecule has 0 aliphatic rings. The fraction of sp³-hybridized carbons (Fsp3) is 0.0455. The van der Waals surface area contributed by atoms with Crippen LogP contribution in [0.2, 0.25) is 0 Å². The SMILES string of the molecule is O=C(Cn1c2ccc(Br)cc2c2nc3ccccc3nc21)c1ccc([N+](=O)[O-])cc1. The van der Waals surface area contributed by atoms with Crippen molar-refractivity contribution in [2.24, 2.45) is 0 Å². The van der Waals surface area contributed by atoms with Crippen LogP contribution in [0, 0.1) is 10.1 Å². The Hall–Kier alpha value is -3.65. The number of nitro benzene ring substituents is 1. The van der Waals surface area contributed by atoms with Gasteiger partial charge in [0.15, 0.2) is 11.4 Å². The lowest BCUT2D eigenvalue weighted by molar-refractivity contribution is -0.384. The van der Waals surface area contributed by atoms with Gasteiger partial charge in [-0.2, -0.15) is 0 Å². The van der Waals surface area contributed by atoms with E-state index in [0.717, 1.165) is 31.9 Å². The quantitative estimate of drug-likeness (QED) is 0.206. The van der Waals surface area contributed by atoms with Crippen LogP contribution in [0.15, 0.2) is 71.2 Å². The van der Waals surface area contributed by atoms with E-state index < -0.39 is 4.92 Å². The normalized spacial score (nSPS) is 11.4. The molecule has 5 rings (SSSR count). The Bertz CT molecular complexity index is 1480. The van der Waals surface area contributed by atoms with Crippen molar-refractivity contribution in [3.63, 3.8) is 0 Å². The Balaban J connectivity index is 1.67. The number of carbonyl (C=O) groups is 1. The van der Waals surface area contributed by atoms with E-state index in [-0.39, 0.29) is 18.0 Å². The molecular weight excluding hydrogens is 448 g/mol. The standard InChI is InChI=1S/C22H13BrN4O3/c23-14-7-10-19-16(11-14)21-22(25-18-4-2-1-3-17(18)24-21)26(19)12-20(28)13-5-8-15(9-6-13)27(29)30/h1-11H,12H2. The number of ketones is 1. The minimum atomic E-state index is -0.486. The molecule has 0 aliphatic carbocycles. The van der Waals surface area contributed by atoms with Crippen molar-refractivity contribution < 1.29 is 9.72 Å². The van der Waals surface area contributed by atoms with Gasteiger partial charge in [-0.3, -0.25) is 14.9 Å². The second kappa shape index (κ2) is 7.00. The van der Waals surface area contributed by atoms with E-state index in [0.29, 0.717) is 11.2 Å². The van der Waals surface area contributed by atoms with Crippen LogP contribution in [0.4, 0.5) is 5.69 Å². The van der Waals surface area contributed by atoms with Crippen molar-refractivity contribution in [1.82, 2.24) is 14.5 Å². The van der Waals surface area contributed by atoms with Gasteiger partial charge in [-0.1, -0.05) is 28.1 Å². The predicted molar refractivity (Wildman–Crippen MR) is 118 cm³/mol. The first kappa shape index (κ1) is 18.4. The van der Waals surface area contributed by atoms with Gasteiger partial charge >= 0.3 is 0 Å². The number of carbonyl (C=O) groups excluding carboxylic acids is 1. The van der Waals surface area contributed by atoms with Crippen LogP contribution in [0.25, 0.3) is 33.1 Å². The predicted octanol–water partition coefficient (Wildman–Crippen LogP) is 5.29. The Labute approximate surface area is 178 Å². The maximum atomic E-state index is 13.0. The highest BCUT2D eigenvalue weighted by Gasteiger charge is 2.18. The third-order valence-electron chi connectivity index (χ3n) is 5.01. The third kappa shape index (κ3) is 3.02. The number of non-ortho nitro benzene ring substituents is 1. The highest BCUT2D eigenvalue weighted by molar-refractivity contribution is 9.10. The Morgan fingerprint density at radius 3 is 2.40 bits per heavy atom. The lowest BCUT2D eigenvalue weighted by Crippen LogP contribution is -2.11. The van der Waals surface area contributed by atoms with Crippen molar-refractivity contribution in [2.45, 2.75) is 6.54 Å². The fourth-order valence-electron chi connectivity index (χ4n) is 3.57. The lowest BCUT2D eigenvalue weighted by atomic mass is 10.1. The number of rotatable bonds is 4. The van der Waals surface area contributed by atoms with Gasteiger partial charge in [-0.25, -0.2) is 9.97 Å². The van der Waals surface area contributed by atoms with Crippen LogP contribution in [0.1, 0.15) is 10.4 Å². The van der Waals surface area contributed by atoms with Gasteiger partial charge in [0.05, 0.1) is 28.0 Å². The maximum absolute atomic E-state index is 13.0. The number of halogens is 1. The number of nitro groups is 1. The van der Waals surface area contributed by atoms with Gasteiger partial charge in [0.2, 0.25) is 0 Å². The van der Waals surface area contributed by atoms with Crippen LogP contribution < -0.4 is 0 Å². The molecule has 0 bridgehead atoms.